The smallest absolute Gasteiger partial charge is 0.247 e. The van der Waals surface area contributed by atoms with E-state index in [0.717, 1.165) is 11.1 Å². The molecule has 0 spiro atoms. The van der Waals surface area contributed by atoms with Gasteiger partial charge in [0.15, 0.2) is 5.82 Å². The number of benzene rings is 1. The molecule has 150 valence electrons. The van der Waals surface area contributed by atoms with Crippen molar-refractivity contribution in [2.45, 2.75) is 32.5 Å². The molecule has 0 fully saturated rings. The van der Waals surface area contributed by atoms with Gasteiger partial charge in [-0.2, -0.15) is 10.1 Å². The quantitative estimate of drug-likeness (QED) is 0.667. The van der Waals surface area contributed by atoms with Gasteiger partial charge in [0.1, 0.15) is 17.5 Å². The molecule has 3 aromatic rings. The van der Waals surface area contributed by atoms with Gasteiger partial charge in [-0.25, -0.2) is 9.37 Å². The highest BCUT2D eigenvalue weighted by molar-refractivity contribution is 6.02. The minimum Gasteiger partial charge on any atom is -0.350 e. The number of anilines is 3. The first-order chi connectivity index (χ1) is 14.0. The second-order valence-corrected chi connectivity index (χ2v) is 6.98. The van der Waals surface area contributed by atoms with Crippen molar-refractivity contribution in [3.63, 3.8) is 0 Å². The van der Waals surface area contributed by atoms with Gasteiger partial charge in [0.2, 0.25) is 11.9 Å². The summed E-state index contributed by atoms with van der Waals surface area (Å²) in [6.07, 6.45) is 6.01. The average molecular weight is 395 g/mol. The standard InChI is InChI=1S/C20H22FN7O/c1-3-17-19(29)25-16-10-23-20(26-18(16)27(17)2)22-8-14-9-24-28(12-14)11-13-4-6-15(21)7-5-13/h4-7,9-10,12,17H,3,8,11H2,1-2H3,(H,25,29)(H,22,23,26). The van der Waals surface area contributed by atoms with Crippen LogP contribution >= 0.6 is 0 Å². The Balaban J connectivity index is 1.41. The van der Waals surface area contributed by atoms with Crippen LogP contribution in [0.2, 0.25) is 0 Å². The molecular weight excluding hydrogens is 373 g/mol. The van der Waals surface area contributed by atoms with Gasteiger partial charge in [-0.15, -0.1) is 0 Å². The van der Waals surface area contributed by atoms with E-state index in [9.17, 15) is 9.18 Å². The highest BCUT2D eigenvalue weighted by Gasteiger charge is 2.30. The average Bonchev–Trinajstić information content (AvgIpc) is 3.16. The Labute approximate surface area is 167 Å². The summed E-state index contributed by atoms with van der Waals surface area (Å²) in [5.74, 6) is 0.883. The maximum atomic E-state index is 13.0. The topological polar surface area (TPSA) is 88.0 Å². The van der Waals surface area contributed by atoms with Crippen LogP contribution in [0.3, 0.4) is 0 Å². The van der Waals surface area contributed by atoms with Crippen LogP contribution in [0.5, 0.6) is 0 Å². The number of nitrogens with one attached hydrogen (secondary N) is 2. The van der Waals surface area contributed by atoms with Crippen LogP contribution in [-0.4, -0.2) is 38.7 Å². The Bertz CT molecular complexity index is 1020. The largest absolute Gasteiger partial charge is 0.350 e. The summed E-state index contributed by atoms with van der Waals surface area (Å²) in [6, 6.07) is 6.13. The maximum Gasteiger partial charge on any atom is 0.247 e. The van der Waals surface area contributed by atoms with Crippen molar-refractivity contribution in [2.24, 2.45) is 0 Å². The van der Waals surface area contributed by atoms with E-state index in [2.05, 4.69) is 25.7 Å². The van der Waals surface area contributed by atoms with Gasteiger partial charge in [-0.05, 0) is 24.1 Å². The Morgan fingerprint density at radius 3 is 2.76 bits per heavy atom. The number of carbonyl (C=O) groups excluding carboxylic acids is 1. The molecule has 2 N–H and O–H groups in total. The number of halogens is 1. The number of fused-ring (bicyclic) bond motifs is 1. The normalized spacial score (nSPS) is 15.8. The molecule has 29 heavy (non-hydrogen) atoms. The first-order valence-corrected chi connectivity index (χ1v) is 9.44. The van der Waals surface area contributed by atoms with Crippen LogP contribution < -0.4 is 15.5 Å². The SMILES string of the molecule is CCC1C(=O)Nc2cnc(NCc3cnn(Cc4ccc(F)cc4)c3)nc2N1C. The number of hydrogen-bond acceptors (Lipinski definition) is 6. The fourth-order valence-corrected chi connectivity index (χ4v) is 3.36. The van der Waals surface area contributed by atoms with Gasteiger partial charge in [-0.3, -0.25) is 9.48 Å². The lowest BCUT2D eigenvalue weighted by molar-refractivity contribution is -0.117. The van der Waals surface area contributed by atoms with E-state index in [-0.39, 0.29) is 17.8 Å². The van der Waals surface area contributed by atoms with Crippen molar-refractivity contribution in [1.82, 2.24) is 19.7 Å². The second kappa shape index (κ2) is 7.86. The first kappa shape index (κ1) is 18.9. The molecule has 0 aliphatic carbocycles. The van der Waals surface area contributed by atoms with Gasteiger partial charge in [-0.1, -0.05) is 19.1 Å². The van der Waals surface area contributed by atoms with Gasteiger partial charge < -0.3 is 15.5 Å². The molecule has 1 atom stereocenters. The summed E-state index contributed by atoms with van der Waals surface area (Å²) < 4.78 is 14.8. The van der Waals surface area contributed by atoms with Crippen molar-refractivity contribution in [1.29, 1.82) is 0 Å². The predicted molar refractivity (Wildman–Crippen MR) is 108 cm³/mol. The van der Waals surface area contributed by atoms with Crippen LogP contribution in [0.1, 0.15) is 24.5 Å². The van der Waals surface area contributed by atoms with Gasteiger partial charge in [0.25, 0.3) is 0 Å². The summed E-state index contributed by atoms with van der Waals surface area (Å²) in [7, 11) is 1.86. The molecule has 9 heteroatoms. The van der Waals surface area contributed by atoms with Gasteiger partial charge in [0.05, 0.1) is 18.9 Å². The number of aromatic nitrogens is 4. The van der Waals surface area contributed by atoms with E-state index in [1.807, 2.05) is 25.1 Å². The first-order valence-electron chi connectivity index (χ1n) is 9.44. The fourth-order valence-electron chi connectivity index (χ4n) is 3.36. The summed E-state index contributed by atoms with van der Waals surface area (Å²) >= 11 is 0. The molecule has 1 aliphatic heterocycles. The Hall–Kier alpha value is -3.49. The van der Waals surface area contributed by atoms with E-state index < -0.39 is 0 Å². The second-order valence-electron chi connectivity index (χ2n) is 6.98. The minimum absolute atomic E-state index is 0.0413. The minimum atomic E-state index is -0.250. The predicted octanol–water partition coefficient (Wildman–Crippen LogP) is 2.64. The van der Waals surface area contributed by atoms with E-state index in [0.29, 0.717) is 37.0 Å². The molecule has 1 amide bonds. The lowest BCUT2D eigenvalue weighted by Gasteiger charge is -2.33. The molecule has 0 saturated heterocycles. The number of hydrogen-bond donors (Lipinski definition) is 2. The monoisotopic (exact) mass is 395 g/mol. The van der Waals surface area contributed by atoms with Crippen LogP contribution in [0.25, 0.3) is 0 Å². The lowest BCUT2D eigenvalue weighted by Crippen LogP contribution is -2.46. The number of nitrogens with zero attached hydrogens (tertiary/aromatic N) is 5. The molecule has 0 radical (unpaired) electrons. The Morgan fingerprint density at radius 2 is 2.00 bits per heavy atom. The van der Waals surface area contributed by atoms with E-state index in [4.69, 9.17) is 0 Å². The Morgan fingerprint density at radius 1 is 1.21 bits per heavy atom. The number of carbonyl (C=O) groups is 1. The molecule has 0 saturated carbocycles. The molecular formula is C20H22FN7O. The van der Waals surface area contributed by atoms with Gasteiger partial charge in [0, 0.05) is 25.4 Å². The van der Waals surface area contributed by atoms with Crippen molar-refractivity contribution < 1.29 is 9.18 Å². The van der Waals surface area contributed by atoms with Crippen molar-refractivity contribution in [2.75, 3.05) is 22.6 Å². The highest BCUT2D eigenvalue weighted by Crippen LogP contribution is 2.30. The molecule has 8 nitrogen and oxygen atoms in total. The van der Waals surface area contributed by atoms with E-state index in [1.54, 1.807) is 29.2 Å². The zero-order valence-electron chi connectivity index (χ0n) is 16.3. The lowest BCUT2D eigenvalue weighted by atomic mass is 10.1. The van der Waals surface area contributed by atoms with E-state index >= 15 is 0 Å². The molecule has 0 bridgehead atoms. The number of likely N-dealkylation sites (N-methyl/N-ethyl adjacent to an activating group) is 1. The van der Waals surface area contributed by atoms with Crippen LogP contribution in [0.15, 0.2) is 42.9 Å². The Kier molecular flexibility index (Phi) is 5.11. The number of rotatable bonds is 6. The summed E-state index contributed by atoms with van der Waals surface area (Å²) in [5.41, 5.74) is 2.56. The summed E-state index contributed by atoms with van der Waals surface area (Å²) in [4.78, 5) is 22.8. The third kappa shape index (κ3) is 4.03. The zero-order chi connectivity index (χ0) is 20.4. The van der Waals surface area contributed by atoms with Crippen LogP contribution in [0, 0.1) is 5.82 Å². The van der Waals surface area contributed by atoms with Crippen molar-refractivity contribution in [3.8, 4) is 0 Å². The van der Waals surface area contributed by atoms with Crippen LogP contribution in [0.4, 0.5) is 21.8 Å². The highest BCUT2D eigenvalue weighted by atomic mass is 19.1. The fraction of sp³-hybridized carbons (Fsp3) is 0.300. The molecule has 3 heterocycles. The molecule has 2 aromatic heterocycles. The summed E-state index contributed by atoms with van der Waals surface area (Å²) in [5, 5.41) is 10.4. The van der Waals surface area contributed by atoms with Crippen molar-refractivity contribution in [3.05, 3.63) is 59.8 Å². The molecule has 1 aromatic carbocycles. The van der Waals surface area contributed by atoms with Crippen LogP contribution in [-0.2, 0) is 17.9 Å². The molecule has 4 rings (SSSR count). The van der Waals surface area contributed by atoms with Gasteiger partial charge >= 0.3 is 0 Å². The zero-order valence-corrected chi connectivity index (χ0v) is 16.3. The molecule has 1 aliphatic rings. The van der Waals surface area contributed by atoms with E-state index in [1.165, 1.54) is 12.1 Å². The summed E-state index contributed by atoms with van der Waals surface area (Å²) in [6.45, 7) is 3.05. The third-order valence-electron chi connectivity index (χ3n) is 4.91. The van der Waals surface area contributed by atoms with Crippen molar-refractivity contribution >= 4 is 23.4 Å². The molecule has 1 unspecified atom stereocenters. The third-order valence-corrected chi connectivity index (χ3v) is 4.91. The maximum absolute atomic E-state index is 13.0. The number of amides is 1.